The summed E-state index contributed by atoms with van der Waals surface area (Å²) in [4.78, 5) is 23.9. The van der Waals surface area contributed by atoms with Crippen molar-refractivity contribution in [3.63, 3.8) is 0 Å². The number of fused-ring (bicyclic) bond motifs is 2. The Morgan fingerprint density at radius 3 is 2.69 bits per heavy atom. The lowest BCUT2D eigenvalue weighted by molar-refractivity contribution is 0.194. The third-order valence-electron chi connectivity index (χ3n) is 5.07. The van der Waals surface area contributed by atoms with E-state index in [1.54, 1.807) is 32.4 Å². The van der Waals surface area contributed by atoms with Crippen LogP contribution in [0.4, 0.5) is 15.3 Å². The number of hydrogen-bond acceptors (Lipinski definition) is 5. The Labute approximate surface area is 166 Å². The zero-order chi connectivity index (χ0) is 20.5. The maximum Gasteiger partial charge on any atom is 0.432 e. The molecule has 1 heterocycles. The van der Waals surface area contributed by atoms with Gasteiger partial charge in [-0.1, -0.05) is 6.07 Å². The van der Waals surface area contributed by atoms with Gasteiger partial charge in [-0.2, -0.15) is 9.78 Å². The molecule has 1 aliphatic carbocycles. The predicted molar refractivity (Wildman–Crippen MR) is 106 cm³/mol. The van der Waals surface area contributed by atoms with Crippen LogP contribution in [-0.2, 0) is 6.42 Å². The summed E-state index contributed by atoms with van der Waals surface area (Å²) in [6.07, 6.45) is 1.82. The molecule has 0 saturated carbocycles. The molecule has 1 unspecified atom stereocenters. The molecule has 0 radical (unpaired) electrons. The molecular weight excluding hydrogens is 376 g/mol. The summed E-state index contributed by atoms with van der Waals surface area (Å²) in [5, 5.41) is 19.4. The molecule has 1 atom stereocenters. The SMILES string of the molecule is COc1cc2c(cc1OC)C(NC(=O)Nc1cccc3c1cnn3C(=O)O)CC2. The fourth-order valence-electron chi connectivity index (χ4n) is 3.71. The Morgan fingerprint density at radius 2 is 1.97 bits per heavy atom. The maximum atomic E-state index is 12.6. The largest absolute Gasteiger partial charge is 0.493 e. The van der Waals surface area contributed by atoms with E-state index in [9.17, 15) is 14.7 Å². The molecule has 9 heteroatoms. The monoisotopic (exact) mass is 396 g/mol. The highest BCUT2D eigenvalue weighted by Gasteiger charge is 2.26. The molecule has 0 fully saturated rings. The highest BCUT2D eigenvalue weighted by molar-refractivity contribution is 6.02. The molecule has 4 rings (SSSR count). The molecule has 29 heavy (non-hydrogen) atoms. The van der Waals surface area contributed by atoms with E-state index in [0.29, 0.717) is 28.1 Å². The lowest BCUT2D eigenvalue weighted by Gasteiger charge is -2.17. The van der Waals surface area contributed by atoms with Crippen molar-refractivity contribution in [2.45, 2.75) is 18.9 Å². The molecule has 0 aliphatic heterocycles. The second kappa shape index (κ2) is 7.34. The van der Waals surface area contributed by atoms with Crippen LogP contribution in [0.5, 0.6) is 11.5 Å². The van der Waals surface area contributed by atoms with Crippen molar-refractivity contribution >= 4 is 28.7 Å². The fourth-order valence-corrected chi connectivity index (χ4v) is 3.71. The molecule has 2 aromatic carbocycles. The Morgan fingerprint density at radius 1 is 1.21 bits per heavy atom. The van der Waals surface area contributed by atoms with Crippen LogP contribution in [0.15, 0.2) is 36.5 Å². The van der Waals surface area contributed by atoms with Gasteiger partial charge >= 0.3 is 12.1 Å². The van der Waals surface area contributed by atoms with Crippen LogP contribution in [0.3, 0.4) is 0 Å². The molecule has 150 valence electrons. The molecular formula is C20H20N4O5. The first-order chi connectivity index (χ1) is 14.0. The molecule has 0 saturated heterocycles. The lowest BCUT2D eigenvalue weighted by Crippen LogP contribution is -2.31. The van der Waals surface area contributed by atoms with Crippen LogP contribution in [0.25, 0.3) is 10.9 Å². The van der Waals surface area contributed by atoms with Crippen molar-refractivity contribution in [2.24, 2.45) is 0 Å². The Bertz CT molecular complexity index is 1110. The minimum absolute atomic E-state index is 0.161. The first-order valence-corrected chi connectivity index (χ1v) is 9.04. The number of anilines is 1. The van der Waals surface area contributed by atoms with Gasteiger partial charge < -0.3 is 25.2 Å². The summed E-state index contributed by atoms with van der Waals surface area (Å²) in [6.45, 7) is 0. The average molecular weight is 396 g/mol. The zero-order valence-electron chi connectivity index (χ0n) is 15.9. The van der Waals surface area contributed by atoms with Crippen molar-refractivity contribution in [3.8, 4) is 11.5 Å². The average Bonchev–Trinajstić information content (AvgIpc) is 3.31. The van der Waals surface area contributed by atoms with E-state index >= 15 is 0 Å². The van der Waals surface area contributed by atoms with E-state index in [1.165, 1.54) is 6.20 Å². The number of nitrogens with zero attached hydrogens (tertiary/aromatic N) is 2. The number of ether oxygens (including phenoxy) is 2. The number of amides is 2. The number of benzene rings is 2. The van der Waals surface area contributed by atoms with Gasteiger partial charge in [0, 0.05) is 5.39 Å². The van der Waals surface area contributed by atoms with Gasteiger partial charge in [-0.15, -0.1) is 0 Å². The molecule has 3 aromatic rings. The van der Waals surface area contributed by atoms with Crippen molar-refractivity contribution in [2.75, 3.05) is 19.5 Å². The van der Waals surface area contributed by atoms with Gasteiger partial charge in [0.2, 0.25) is 0 Å². The third-order valence-corrected chi connectivity index (χ3v) is 5.07. The van der Waals surface area contributed by atoms with E-state index < -0.39 is 6.09 Å². The summed E-state index contributed by atoms with van der Waals surface area (Å²) >= 11 is 0. The number of urea groups is 1. The highest BCUT2D eigenvalue weighted by atomic mass is 16.5. The van der Waals surface area contributed by atoms with Crippen molar-refractivity contribution in [1.82, 2.24) is 15.1 Å². The Balaban J connectivity index is 1.54. The maximum absolute atomic E-state index is 12.6. The molecule has 1 aliphatic rings. The topological polar surface area (TPSA) is 115 Å². The summed E-state index contributed by atoms with van der Waals surface area (Å²) in [7, 11) is 3.17. The molecule has 9 nitrogen and oxygen atoms in total. The second-order valence-corrected chi connectivity index (χ2v) is 6.67. The van der Waals surface area contributed by atoms with Gasteiger partial charge in [-0.05, 0) is 48.2 Å². The van der Waals surface area contributed by atoms with E-state index in [2.05, 4.69) is 15.7 Å². The van der Waals surface area contributed by atoms with Crippen molar-refractivity contribution < 1.29 is 24.2 Å². The summed E-state index contributed by atoms with van der Waals surface area (Å²) < 4.78 is 11.6. The Kier molecular flexibility index (Phi) is 4.71. The van der Waals surface area contributed by atoms with Crippen LogP contribution in [0, 0.1) is 0 Å². The van der Waals surface area contributed by atoms with E-state index in [0.717, 1.165) is 28.7 Å². The number of hydrogen-bond donors (Lipinski definition) is 3. The number of carbonyl (C=O) groups excluding carboxylic acids is 1. The predicted octanol–water partition coefficient (Wildman–Crippen LogP) is 3.39. The van der Waals surface area contributed by atoms with Crippen LogP contribution in [0.1, 0.15) is 23.6 Å². The fraction of sp³-hybridized carbons (Fsp3) is 0.250. The normalized spacial score (nSPS) is 15.0. The molecule has 2 amide bonds. The summed E-state index contributed by atoms with van der Waals surface area (Å²) in [5.74, 6) is 1.28. The quantitative estimate of drug-likeness (QED) is 0.623. The molecule has 0 spiro atoms. The second-order valence-electron chi connectivity index (χ2n) is 6.67. The van der Waals surface area contributed by atoms with Gasteiger partial charge in [0.15, 0.2) is 11.5 Å². The molecule has 0 bridgehead atoms. The van der Waals surface area contributed by atoms with Crippen LogP contribution in [0.2, 0.25) is 0 Å². The number of carboxylic acid groups (broad SMARTS) is 1. The number of methoxy groups -OCH3 is 2. The first-order valence-electron chi connectivity index (χ1n) is 9.04. The summed E-state index contributed by atoms with van der Waals surface area (Å²) in [6, 6.07) is 8.29. The van der Waals surface area contributed by atoms with Crippen molar-refractivity contribution in [1.29, 1.82) is 0 Å². The number of carbonyl (C=O) groups is 2. The Hall–Kier alpha value is -3.75. The van der Waals surface area contributed by atoms with Gasteiger partial charge in [0.25, 0.3) is 0 Å². The van der Waals surface area contributed by atoms with Crippen LogP contribution >= 0.6 is 0 Å². The highest BCUT2D eigenvalue weighted by Crippen LogP contribution is 2.39. The smallest absolute Gasteiger partial charge is 0.432 e. The van der Waals surface area contributed by atoms with Gasteiger partial charge in [-0.25, -0.2) is 9.59 Å². The molecule has 1 aromatic heterocycles. The van der Waals surface area contributed by atoms with Gasteiger partial charge in [-0.3, -0.25) is 0 Å². The minimum Gasteiger partial charge on any atom is -0.493 e. The number of rotatable bonds is 4. The number of aromatic nitrogens is 2. The zero-order valence-corrected chi connectivity index (χ0v) is 15.9. The van der Waals surface area contributed by atoms with E-state index in [1.807, 2.05) is 12.1 Å². The lowest BCUT2D eigenvalue weighted by atomic mass is 10.1. The van der Waals surface area contributed by atoms with E-state index in [-0.39, 0.29) is 12.1 Å². The van der Waals surface area contributed by atoms with Crippen LogP contribution in [-0.4, -0.2) is 41.2 Å². The number of nitrogens with one attached hydrogen (secondary N) is 2. The third kappa shape index (κ3) is 3.31. The number of aryl methyl sites for hydroxylation is 1. The van der Waals surface area contributed by atoms with Gasteiger partial charge in [0.1, 0.15) is 0 Å². The summed E-state index contributed by atoms with van der Waals surface area (Å²) in [5.41, 5.74) is 2.99. The molecule has 3 N–H and O–H groups in total. The van der Waals surface area contributed by atoms with Crippen molar-refractivity contribution in [3.05, 3.63) is 47.7 Å². The van der Waals surface area contributed by atoms with Gasteiger partial charge in [0.05, 0.1) is 37.7 Å². The minimum atomic E-state index is -1.19. The first kappa shape index (κ1) is 18.6. The van der Waals surface area contributed by atoms with E-state index in [4.69, 9.17) is 9.47 Å². The van der Waals surface area contributed by atoms with Crippen LogP contribution < -0.4 is 20.1 Å². The standard InChI is InChI=1S/C20H20N4O5/c1-28-17-8-11-6-7-15(12(11)9-18(17)29-2)23-19(25)22-14-4-3-5-16-13(14)10-21-24(16)20(26)27/h3-5,8-10,15H,6-7H2,1-2H3,(H,26,27)(H2,22,23,25).